The highest BCUT2D eigenvalue weighted by molar-refractivity contribution is 6.14. The number of para-hydroxylation sites is 6. The van der Waals surface area contributed by atoms with Gasteiger partial charge in [0, 0.05) is 118 Å². The van der Waals surface area contributed by atoms with Gasteiger partial charge < -0.3 is 51.5 Å². The van der Waals surface area contributed by atoms with Crippen LogP contribution in [0.15, 0.2) is 301 Å². The van der Waals surface area contributed by atoms with Gasteiger partial charge >= 0.3 is 0 Å². The van der Waals surface area contributed by atoms with Gasteiger partial charge in [-0.05, 0) is 282 Å². The van der Waals surface area contributed by atoms with Crippen LogP contribution in [0.25, 0.3) is 110 Å². The zero-order chi connectivity index (χ0) is 93.3. The number of hydrogen-bond acceptors (Lipinski definition) is 11. The molecule has 10 unspecified atom stereocenters. The lowest BCUT2D eigenvalue weighted by atomic mass is 9.47. The van der Waals surface area contributed by atoms with Crippen LogP contribution < -0.4 is 29.4 Å². The van der Waals surface area contributed by atoms with Crippen molar-refractivity contribution in [2.45, 2.75) is 262 Å². The Balaban J connectivity index is 0.0000000871. The van der Waals surface area contributed by atoms with Gasteiger partial charge in [-0.3, -0.25) is 0 Å². The maximum atomic E-state index is 6.52. The molecule has 12 fully saturated rings. The van der Waals surface area contributed by atoms with E-state index in [1.807, 2.05) is 6.07 Å². The first kappa shape index (κ1) is 84.2. The van der Waals surface area contributed by atoms with E-state index in [2.05, 4.69) is 392 Å². The van der Waals surface area contributed by atoms with Crippen LogP contribution in [0.5, 0.6) is 0 Å². The second-order valence-corrected chi connectivity index (χ2v) is 44.4. The average Bonchev–Trinajstić information content (AvgIpc) is 0.840. The Kier molecular flexibility index (Phi) is 18.4. The van der Waals surface area contributed by atoms with Crippen LogP contribution in [-0.2, 0) is 27.4 Å². The molecule has 13 aliphatic heterocycles. The molecule has 40 rings (SSSR count). The summed E-state index contributed by atoms with van der Waals surface area (Å²) in [7, 11) is 0. The van der Waals surface area contributed by atoms with Crippen molar-refractivity contribution >= 4 is 144 Å². The molecule has 21 aliphatic rings. The van der Waals surface area contributed by atoms with Gasteiger partial charge in [-0.25, -0.2) is 0 Å². The average molecular weight is 1810 g/mol. The number of anilines is 6. The summed E-state index contributed by atoms with van der Waals surface area (Å²) in [4.78, 5) is 16.1. The molecule has 8 saturated heterocycles. The van der Waals surface area contributed by atoms with Crippen LogP contribution >= 0.6 is 0 Å². The smallest absolute Gasteiger partial charge is 0.159 e. The molecule has 8 aliphatic carbocycles. The molecule has 14 aromatic carbocycles. The molecule has 0 radical (unpaired) electrons. The number of hydrogen-bond donors (Lipinski definition) is 0. The Hall–Kier alpha value is -13.1. The third-order valence-electron chi connectivity index (χ3n) is 38.4. The number of benzene rings is 14. The first-order chi connectivity index (χ1) is 67.1. The van der Waals surface area contributed by atoms with Crippen molar-refractivity contribution in [2.24, 2.45) is 5.41 Å². The number of fused-ring (bicyclic) bond motifs is 21. The molecule has 10 bridgehead atoms. The Labute approximate surface area is 809 Å². The van der Waals surface area contributed by atoms with Gasteiger partial charge in [0.2, 0.25) is 0 Å². The van der Waals surface area contributed by atoms with Crippen LogP contribution in [0.4, 0.5) is 34.1 Å². The Morgan fingerprint density at radius 2 is 0.667 bits per heavy atom. The fraction of sp³-hybridized carbons (Fsp3) is 0.339. The van der Waals surface area contributed by atoms with Crippen LogP contribution in [0.1, 0.15) is 230 Å². The zero-order valence-electron chi connectivity index (χ0n) is 82.1. The van der Waals surface area contributed by atoms with Crippen molar-refractivity contribution in [2.75, 3.05) is 35.9 Å². The summed E-state index contributed by atoms with van der Waals surface area (Å²) in [6, 6.07) is 103. The van der Waals surface area contributed by atoms with Gasteiger partial charge in [-0.2, -0.15) is 0 Å². The zero-order valence-corrected chi connectivity index (χ0v) is 82.1. The van der Waals surface area contributed by atoms with Crippen molar-refractivity contribution in [3.8, 4) is 0 Å². The van der Waals surface area contributed by atoms with E-state index in [0.29, 0.717) is 47.1 Å². The molecular formula is C127H124N6O5. The van der Waals surface area contributed by atoms with Crippen molar-refractivity contribution < 1.29 is 22.1 Å². The Morgan fingerprint density at radius 3 is 1.15 bits per heavy atom. The monoisotopic (exact) mass is 1810 g/mol. The van der Waals surface area contributed by atoms with Gasteiger partial charge in [0.25, 0.3) is 0 Å². The van der Waals surface area contributed by atoms with Gasteiger partial charge in [0.05, 0.1) is 57.3 Å². The lowest BCUT2D eigenvalue weighted by Crippen LogP contribution is -2.72. The van der Waals surface area contributed by atoms with E-state index >= 15 is 0 Å². The minimum atomic E-state index is -0.0389. The first-order valence-electron chi connectivity index (χ1n) is 51.7. The lowest BCUT2D eigenvalue weighted by molar-refractivity contribution is -0.0446. The summed E-state index contributed by atoms with van der Waals surface area (Å²) in [6.07, 6.45) is 19.8. The SMILES string of the molecule is Cc1ccc2c(oc3ccccc32)c1N1C(C)C2(C)CCC1(C)c1ccccc12.Cc1ccc2c(oc3ccccc32)c1N1C(C)C23CCC1(CC2)CC3.Cc1ccc2c(oc3ccccc32)c1N1C(C)C23CCC1(CC2)c1ccccc13.Cc1ccc2c(oc3ccccc32)c1N1C(C)N2CCC1(C)c1ccccc12.Cc1ccc2c(oc3ccccc32)c1N1C2CCC(c3ccccc32)C1C. The maximum Gasteiger partial charge on any atom is 0.159 e. The van der Waals surface area contributed by atoms with E-state index in [1.54, 1.807) is 16.7 Å². The maximum absolute atomic E-state index is 6.52. The molecule has 138 heavy (non-hydrogen) atoms. The van der Waals surface area contributed by atoms with Crippen LogP contribution in [0, 0.1) is 40.0 Å². The van der Waals surface area contributed by atoms with E-state index in [-0.39, 0.29) is 33.6 Å². The molecule has 11 nitrogen and oxygen atoms in total. The minimum Gasteiger partial charge on any atom is -0.454 e. The van der Waals surface area contributed by atoms with E-state index in [0.717, 1.165) is 68.8 Å². The van der Waals surface area contributed by atoms with E-state index in [1.165, 1.54) is 228 Å². The topological polar surface area (TPSA) is 85.1 Å². The van der Waals surface area contributed by atoms with Crippen LogP contribution in [-0.4, -0.2) is 42.4 Å². The number of rotatable bonds is 5. The largest absolute Gasteiger partial charge is 0.454 e. The molecule has 19 aromatic rings. The van der Waals surface area contributed by atoms with E-state index in [9.17, 15) is 0 Å². The van der Waals surface area contributed by atoms with Gasteiger partial charge in [-0.15, -0.1) is 0 Å². The van der Waals surface area contributed by atoms with Crippen molar-refractivity contribution in [1.82, 2.24) is 0 Å². The van der Waals surface area contributed by atoms with Crippen molar-refractivity contribution in [3.63, 3.8) is 0 Å². The fourth-order valence-corrected chi connectivity index (χ4v) is 31.1. The van der Waals surface area contributed by atoms with Gasteiger partial charge in [0.1, 0.15) is 27.9 Å². The summed E-state index contributed by atoms with van der Waals surface area (Å²) in [6.45, 7) is 31.6. The summed E-state index contributed by atoms with van der Waals surface area (Å²) in [5, 5.41) is 12.2. The number of piperidine rings is 7. The molecule has 0 N–H and O–H groups in total. The molecule has 4 saturated carbocycles. The molecule has 18 heterocycles. The molecule has 5 aromatic heterocycles. The summed E-state index contributed by atoms with van der Waals surface area (Å²) >= 11 is 0. The third kappa shape index (κ3) is 11.4. The van der Waals surface area contributed by atoms with E-state index < -0.39 is 0 Å². The molecular weight excluding hydrogens is 1690 g/mol. The molecule has 10 atom stereocenters. The predicted octanol–water partition coefficient (Wildman–Crippen LogP) is 33.0. The second kappa shape index (κ2) is 30.2. The predicted molar refractivity (Wildman–Crippen MR) is 570 cm³/mol. The van der Waals surface area contributed by atoms with Gasteiger partial charge in [-0.1, -0.05) is 250 Å². The molecule has 692 valence electrons. The first-order valence-corrected chi connectivity index (χ1v) is 51.7. The van der Waals surface area contributed by atoms with Crippen molar-refractivity contribution in [1.29, 1.82) is 0 Å². The molecule has 0 spiro atoms. The van der Waals surface area contributed by atoms with Gasteiger partial charge in [0.15, 0.2) is 27.9 Å². The summed E-state index contributed by atoms with van der Waals surface area (Å²) in [5.74, 6) is 0.602. The van der Waals surface area contributed by atoms with Crippen LogP contribution in [0.2, 0.25) is 0 Å². The third-order valence-corrected chi connectivity index (χ3v) is 38.4. The fourth-order valence-electron chi connectivity index (χ4n) is 31.1. The molecule has 11 heteroatoms. The minimum absolute atomic E-state index is 0.0220. The Bertz CT molecular complexity index is 8070. The highest BCUT2D eigenvalue weighted by atomic mass is 16.3. The summed E-state index contributed by atoms with van der Waals surface area (Å²) in [5.41, 5.74) is 36.7. The highest BCUT2D eigenvalue weighted by Gasteiger charge is 2.66. The summed E-state index contributed by atoms with van der Waals surface area (Å²) < 4.78 is 32.3. The van der Waals surface area contributed by atoms with E-state index in [4.69, 9.17) is 22.1 Å². The standard InChI is InChI=1S/C27H25NO.C27H27NO.C25H24N2O.C25H23NO.C23H25NO/c1-17-11-12-20-19-7-3-6-10-23(19)29-25(20)24(17)28-18(2)26-13-15-27(28,16-14-26)22-9-5-4-8-21(22)26;1-17-13-14-20-19-9-5-8-12-23(19)29-25(20)24(17)28-18(2)26(3)15-16-27(28,4)22-11-7-6-10-21(22)26;1-16-12-13-19-18-8-4-7-11-22(18)28-24(19)23(16)27-17(2)26-15-14-25(27,3)20-9-5-6-10-21(20)26;1-15-11-12-21-20-9-5-6-10-23(20)27-25(21)24(15)26-16(2)17-13-14-22(26)19-8-4-3-7-18(17)19;1-15-7-8-18-17-5-3-4-6-19(17)25-21(18)20(15)24-16(2)22-9-12-23(24,13-10-22)14-11-22/h3-12,18H,13-16H2,1-2H3;5-14,18H,15-16H2,1-4H3;4-13,17H,14-15H2,1-3H3;3-12,16-17,22H,13-14H2,1-2H3;3-8,16H,9-14H2,1-2H3. The highest BCUT2D eigenvalue weighted by Crippen LogP contribution is 2.70. The quantitative estimate of drug-likeness (QED) is 0.165. The lowest BCUT2D eigenvalue weighted by Gasteiger charge is -2.70. The van der Waals surface area contributed by atoms with Crippen LogP contribution in [0.3, 0.4) is 0 Å². The van der Waals surface area contributed by atoms with Crippen molar-refractivity contribution in [3.05, 3.63) is 346 Å². The second-order valence-electron chi connectivity index (χ2n) is 44.4. The number of furan rings is 5. The number of aryl methyl sites for hydroxylation is 5. The molecule has 0 amide bonds. The normalized spacial score (nSPS) is 27.8. The Morgan fingerprint density at radius 1 is 0.283 bits per heavy atom. The number of nitrogens with zero attached hydrogens (tertiary/aromatic N) is 6.